The highest BCUT2D eigenvalue weighted by atomic mass is 16.5. The number of benzene rings is 2. The average molecular weight is 395 g/mol. The number of hydrogen-bond acceptors (Lipinski definition) is 5. The molecule has 1 aromatic heterocycles. The number of hydrogen-bond donors (Lipinski definition) is 0. The van der Waals surface area contributed by atoms with Gasteiger partial charge in [-0.2, -0.15) is 0 Å². The van der Waals surface area contributed by atoms with Crippen molar-refractivity contribution >= 4 is 22.6 Å². The smallest absolute Gasteiger partial charge is 0.310 e. The van der Waals surface area contributed by atoms with Crippen molar-refractivity contribution in [2.45, 2.75) is 20.5 Å². The Morgan fingerprint density at radius 2 is 1.83 bits per heavy atom. The SMILES string of the molecule is CCN(CC(C)C(=O)OC)C(=O)c1ccc(COc2ccc3ccccc3c2)o1. The van der Waals surface area contributed by atoms with Crippen molar-refractivity contribution < 1.29 is 23.5 Å². The minimum atomic E-state index is -0.408. The van der Waals surface area contributed by atoms with E-state index in [0.717, 1.165) is 16.5 Å². The molecule has 152 valence electrons. The first kappa shape index (κ1) is 20.5. The van der Waals surface area contributed by atoms with Gasteiger partial charge in [0, 0.05) is 13.1 Å². The third-order valence-corrected chi connectivity index (χ3v) is 4.74. The van der Waals surface area contributed by atoms with E-state index >= 15 is 0 Å². The standard InChI is InChI=1S/C23H25NO5/c1-4-24(14-16(2)23(26)27-3)22(25)21-12-11-20(29-21)15-28-19-10-9-17-7-5-6-8-18(17)13-19/h5-13,16H,4,14-15H2,1-3H3. The molecule has 1 atom stereocenters. The van der Waals surface area contributed by atoms with Gasteiger partial charge >= 0.3 is 5.97 Å². The molecule has 0 saturated heterocycles. The molecule has 0 aliphatic carbocycles. The largest absolute Gasteiger partial charge is 0.486 e. The third kappa shape index (κ3) is 4.96. The number of methoxy groups -OCH3 is 1. The number of rotatable bonds is 8. The Bertz CT molecular complexity index is 994. The maximum absolute atomic E-state index is 12.7. The highest BCUT2D eigenvalue weighted by molar-refractivity contribution is 5.91. The second-order valence-corrected chi connectivity index (χ2v) is 6.83. The second kappa shape index (κ2) is 9.28. The van der Waals surface area contributed by atoms with Crippen molar-refractivity contribution in [2.24, 2.45) is 5.92 Å². The van der Waals surface area contributed by atoms with Gasteiger partial charge in [-0.1, -0.05) is 37.3 Å². The lowest BCUT2D eigenvalue weighted by Gasteiger charge is -2.22. The van der Waals surface area contributed by atoms with Crippen LogP contribution in [-0.4, -0.2) is 37.0 Å². The van der Waals surface area contributed by atoms with E-state index in [2.05, 4.69) is 0 Å². The molecule has 1 amide bonds. The topological polar surface area (TPSA) is 69.0 Å². The zero-order valence-electron chi connectivity index (χ0n) is 16.9. The van der Waals surface area contributed by atoms with Gasteiger partial charge in [0.05, 0.1) is 13.0 Å². The fourth-order valence-corrected chi connectivity index (χ4v) is 3.10. The number of carbonyl (C=O) groups excluding carboxylic acids is 2. The summed E-state index contributed by atoms with van der Waals surface area (Å²) >= 11 is 0. The summed E-state index contributed by atoms with van der Waals surface area (Å²) < 4.78 is 16.2. The van der Waals surface area contributed by atoms with Crippen LogP contribution in [0, 0.1) is 5.92 Å². The van der Waals surface area contributed by atoms with Crippen molar-refractivity contribution in [1.29, 1.82) is 0 Å². The molecule has 3 rings (SSSR count). The van der Waals surface area contributed by atoms with E-state index in [9.17, 15) is 9.59 Å². The fourth-order valence-electron chi connectivity index (χ4n) is 3.10. The number of ether oxygens (including phenoxy) is 2. The lowest BCUT2D eigenvalue weighted by Crippen LogP contribution is -2.37. The van der Waals surface area contributed by atoms with Gasteiger partial charge < -0.3 is 18.8 Å². The minimum Gasteiger partial charge on any atom is -0.486 e. The molecule has 1 unspecified atom stereocenters. The lowest BCUT2D eigenvalue weighted by molar-refractivity contribution is -0.145. The van der Waals surface area contributed by atoms with Gasteiger partial charge in [-0.25, -0.2) is 0 Å². The molecule has 0 aliphatic heterocycles. The number of nitrogens with zero attached hydrogens (tertiary/aromatic N) is 1. The van der Waals surface area contributed by atoms with Gasteiger partial charge in [-0.05, 0) is 42.0 Å². The minimum absolute atomic E-state index is 0.219. The Hall–Kier alpha value is -3.28. The summed E-state index contributed by atoms with van der Waals surface area (Å²) in [6.45, 7) is 4.53. The van der Waals surface area contributed by atoms with Gasteiger partial charge in [0.25, 0.3) is 5.91 Å². The number of fused-ring (bicyclic) bond motifs is 1. The Morgan fingerprint density at radius 3 is 2.55 bits per heavy atom. The average Bonchev–Trinajstić information content (AvgIpc) is 3.23. The summed E-state index contributed by atoms with van der Waals surface area (Å²) in [6, 6.07) is 17.3. The van der Waals surface area contributed by atoms with E-state index in [0.29, 0.717) is 12.3 Å². The molecule has 0 bridgehead atoms. The maximum Gasteiger partial charge on any atom is 0.310 e. The summed E-state index contributed by atoms with van der Waals surface area (Å²) in [5.74, 6) is 0.490. The first-order valence-electron chi connectivity index (χ1n) is 9.59. The van der Waals surface area contributed by atoms with E-state index in [1.807, 2.05) is 49.4 Å². The molecule has 0 fully saturated rings. The van der Waals surface area contributed by atoms with Crippen LogP contribution in [0.15, 0.2) is 59.0 Å². The molecule has 29 heavy (non-hydrogen) atoms. The molecule has 1 heterocycles. The summed E-state index contributed by atoms with van der Waals surface area (Å²) in [4.78, 5) is 25.9. The predicted octanol–water partition coefficient (Wildman–Crippen LogP) is 4.28. The van der Waals surface area contributed by atoms with Crippen LogP contribution < -0.4 is 4.74 Å². The van der Waals surface area contributed by atoms with E-state index < -0.39 is 5.92 Å². The van der Waals surface area contributed by atoms with Crippen LogP contribution in [0.2, 0.25) is 0 Å². The van der Waals surface area contributed by atoms with Gasteiger partial charge in [-0.15, -0.1) is 0 Å². The molecule has 2 aromatic carbocycles. The van der Waals surface area contributed by atoms with Crippen molar-refractivity contribution in [3.05, 3.63) is 66.1 Å². The number of amides is 1. The van der Waals surface area contributed by atoms with Crippen molar-refractivity contribution in [1.82, 2.24) is 4.90 Å². The summed E-state index contributed by atoms with van der Waals surface area (Å²) in [6.07, 6.45) is 0. The van der Waals surface area contributed by atoms with Crippen LogP contribution in [-0.2, 0) is 16.1 Å². The monoisotopic (exact) mass is 395 g/mol. The van der Waals surface area contributed by atoms with Crippen LogP contribution in [0.4, 0.5) is 0 Å². The van der Waals surface area contributed by atoms with Gasteiger partial charge in [0.1, 0.15) is 18.1 Å². The summed E-state index contributed by atoms with van der Waals surface area (Å²) in [5.41, 5.74) is 0. The summed E-state index contributed by atoms with van der Waals surface area (Å²) in [7, 11) is 1.34. The third-order valence-electron chi connectivity index (χ3n) is 4.74. The molecule has 6 heteroatoms. The van der Waals surface area contributed by atoms with Crippen molar-refractivity contribution in [3.63, 3.8) is 0 Å². The zero-order chi connectivity index (χ0) is 20.8. The molecule has 0 aliphatic rings. The number of esters is 1. The predicted molar refractivity (Wildman–Crippen MR) is 110 cm³/mol. The van der Waals surface area contributed by atoms with Crippen LogP contribution in [0.3, 0.4) is 0 Å². The van der Waals surface area contributed by atoms with E-state index in [-0.39, 0.29) is 30.8 Å². The molecule has 0 spiro atoms. The Balaban J connectivity index is 1.62. The van der Waals surface area contributed by atoms with Crippen LogP contribution in [0.25, 0.3) is 10.8 Å². The molecular weight excluding hydrogens is 370 g/mol. The van der Waals surface area contributed by atoms with Crippen molar-refractivity contribution in [3.8, 4) is 5.75 Å². The van der Waals surface area contributed by atoms with Crippen LogP contribution in [0.1, 0.15) is 30.2 Å². The maximum atomic E-state index is 12.7. The van der Waals surface area contributed by atoms with E-state index in [1.54, 1.807) is 24.0 Å². The number of furan rings is 1. The first-order valence-corrected chi connectivity index (χ1v) is 9.59. The molecule has 0 N–H and O–H groups in total. The first-order chi connectivity index (χ1) is 14.0. The van der Waals surface area contributed by atoms with Crippen molar-refractivity contribution in [2.75, 3.05) is 20.2 Å². The van der Waals surface area contributed by atoms with Gasteiger partial charge in [0.2, 0.25) is 0 Å². The highest BCUT2D eigenvalue weighted by Crippen LogP contribution is 2.22. The molecule has 6 nitrogen and oxygen atoms in total. The Labute approximate surface area is 170 Å². The fraction of sp³-hybridized carbons (Fsp3) is 0.304. The molecule has 0 radical (unpaired) electrons. The van der Waals surface area contributed by atoms with E-state index in [4.69, 9.17) is 13.9 Å². The summed E-state index contributed by atoms with van der Waals surface area (Å²) in [5, 5.41) is 2.24. The normalized spacial score (nSPS) is 11.8. The van der Waals surface area contributed by atoms with Gasteiger partial charge in [0.15, 0.2) is 5.76 Å². The van der Waals surface area contributed by atoms with Gasteiger partial charge in [-0.3, -0.25) is 9.59 Å². The van der Waals surface area contributed by atoms with Crippen LogP contribution >= 0.6 is 0 Å². The molecule has 3 aromatic rings. The Kier molecular flexibility index (Phi) is 6.54. The quantitative estimate of drug-likeness (QED) is 0.533. The molecule has 0 saturated carbocycles. The van der Waals surface area contributed by atoms with E-state index in [1.165, 1.54) is 7.11 Å². The lowest BCUT2D eigenvalue weighted by atomic mass is 10.1. The zero-order valence-corrected chi connectivity index (χ0v) is 16.9. The van der Waals surface area contributed by atoms with Crippen LogP contribution in [0.5, 0.6) is 5.75 Å². The molecular formula is C23H25NO5. The number of carbonyl (C=O) groups is 2. The second-order valence-electron chi connectivity index (χ2n) is 6.83. The highest BCUT2D eigenvalue weighted by Gasteiger charge is 2.23. The Morgan fingerprint density at radius 1 is 1.07 bits per heavy atom.